The SMILES string of the molecule is COc1ccccc1C(NC(=O)C(C)Sc1ccc([N+](=O)[O-])cc1)c1nccn1C. The average Bonchev–Trinajstić information content (AvgIpc) is 3.17. The summed E-state index contributed by atoms with van der Waals surface area (Å²) < 4.78 is 7.34. The molecule has 0 aliphatic heterocycles. The molecule has 1 N–H and O–H groups in total. The van der Waals surface area contributed by atoms with Crippen molar-refractivity contribution in [1.82, 2.24) is 14.9 Å². The third-order valence-electron chi connectivity index (χ3n) is 4.58. The highest BCUT2D eigenvalue weighted by atomic mass is 32.2. The average molecular weight is 426 g/mol. The smallest absolute Gasteiger partial charge is 0.269 e. The lowest BCUT2D eigenvalue weighted by Crippen LogP contribution is -2.36. The molecule has 0 saturated heterocycles. The number of nitrogens with zero attached hydrogens (tertiary/aromatic N) is 3. The fourth-order valence-electron chi connectivity index (χ4n) is 3.01. The highest BCUT2D eigenvalue weighted by Gasteiger charge is 2.26. The van der Waals surface area contributed by atoms with E-state index in [9.17, 15) is 14.9 Å². The van der Waals surface area contributed by atoms with Gasteiger partial charge in [0, 0.05) is 42.0 Å². The number of imidazole rings is 1. The number of non-ortho nitro benzene ring substituents is 1. The summed E-state index contributed by atoms with van der Waals surface area (Å²) in [5.74, 6) is 1.15. The van der Waals surface area contributed by atoms with E-state index in [1.165, 1.54) is 23.9 Å². The lowest BCUT2D eigenvalue weighted by molar-refractivity contribution is -0.384. The van der Waals surface area contributed by atoms with Crippen molar-refractivity contribution < 1.29 is 14.5 Å². The van der Waals surface area contributed by atoms with Crippen molar-refractivity contribution in [2.45, 2.75) is 23.1 Å². The zero-order chi connectivity index (χ0) is 21.7. The number of rotatable bonds is 8. The Labute approximate surface area is 178 Å². The number of nitro benzene ring substituents is 1. The normalized spacial score (nSPS) is 12.8. The van der Waals surface area contributed by atoms with Crippen molar-refractivity contribution >= 4 is 23.4 Å². The molecule has 0 bridgehead atoms. The van der Waals surface area contributed by atoms with Gasteiger partial charge in [0.25, 0.3) is 5.69 Å². The minimum atomic E-state index is -0.492. The molecule has 0 aliphatic carbocycles. The van der Waals surface area contributed by atoms with Gasteiger partial charge >= 0.3 is 0 Å². The van der Waals surface area contributed by atoms with Gasteiger partial charge in [-0.2, -0.15) is 0 Å². The van der Waals surface area contributed by atoms with Crippen molar-refractivity contribution in [1.29, 1.82) is 0 Å². The number of aromatic nitrogens is 2. The van der Waals surface area contributed by atoms with E-state index >= 15 is 0 Å². The molecule has 3 aromatic rings. The summed E-state index contributed by atoms with van der Waals surface area (Å²) in [6.07, 6.45) is 3.50. The molecule has 8 nitrogen and oxygen atoms in total. The Balaban J connectivity index is 1.81. The second-order valence-corrected chi connectivity index (χ2v) is 8.01. The van der Waals surface area contributed by atoms with Crippen molar-refractivity contribution in [3.63, 3.8) is 0 Å². The summed E-state index contributed by atoms with van der Waals surface area (Å²) in [5, 5.41) is 13.5. The number of nitro groups is 1. The summed E-state index contributed by atoms with van der Waals surface area (Å²) in [7, 11) is 3.45. The number of hydrogen-bond acceptors (Lipinski definition) is 6. The van der Waals surface area contributed by atoms with Crippen LogP contribution in [0.4, 0.5) is 5.69 Å². The first-order valence-corrected chi connectivity index (χ1v) is 10.1. The van der Waals surface area contributed by atoms with E-state index in [2.05, 4.69) is 10.3 Å². The third-order valence-corrected chi connectivity index (χ3v) is 5.69. The second kappa shape index (κ2) is 9.45. The summed E-state index contributed by atoms with van der Waals surface area (Å²) in [4.78, 5) is 28.5. The molecule has 0 aliphatic rings. The number of benzene rings is 2. The van der Waals surface area contributed by atoms with Gasteiger partial charge in [0.2, 0.25) is 5.91 Å². The van der Waals surface area contributed by atoms with Crippen LogP contribution in [0.25, 0.3) is 0 Å². The van der Waals surface area contributed by atoms with Crippen molar-refractivity contribution in [3.8, 4) is 5.75 Å². The molecular formula is C21H22N4O4S. The first-order chi connectivity index (χ1) is 14.4. The van der Waals surface area contributed by atoms with Crippen molar-refractivity contribution in [2.24, 2.45) is 7.05 Å². The van der Waals surface area contributed by atoms with E-state index in [0.29, 0.717) is 11.6 Å². The highest BCUT2D eigenvalue weighted by molar-refractivity contribution is 8.00. The molecule has 0 fully saturated rings. The van der Waals surface area contributed by atoms with Crippen LogP contribution >= 0.6 is 11.8 Å². The molecule has 0 spiro atoms. The van der Waals surface area contributed by atoms with Gasteiger partial charge in [0.15, 0.2) is 0 Å². The number of amides is 1. The van der Waals surface area contributed by atoms with E-state index in [4.69, 9.17) is 4.74 Å². The molecule has 9 heteroatoms. The molecule has 156 valence electrons. The molecule has 30 heavy (non-hydrogen) atoms. The minimum Gasteiger partial charge on any atom is -0.496 e. The fourth-order valence-corrected chi connectivity index (χ4v) is 3.88. The molecular weight excluding hydrogens is 404 g/mol. The molecule has 0 saturated carbocycles. The topological polar surface area (TPSA) is 99.3 Å². The maximum absolute atomic E-state index is 13.0. The Morgan fingerprint density at radius 2 is 1.93 bits per heavy atom. The number of ether oxygens (including phenoxy) is 1. The number of carbonyl (C=O) groups is 1. The Hall–Kier alpha value is -3.33. The predicted molar refractivity (Wildman–Crippen MR) is 115 cm³/mol. The Morgan fingerprint density at radius 3 is 2.53 bits per heavy atom. The van der Waals surface area contributed by atoms with Crippen LogP contribution in [0.2, 0.25) is 0 Å². The number of para-hydroxylation sites is 1. The summed E-state index contributed by atoms with van der Waals surface area (Å²) >= 11 is 1.33. The quantitative estimate of drug-likeness (QED) is 0.335. The molecule has 2 atom stereocenters. The zero-order valence-corrected chi connectivity index (χ0v) is 17.6. The highest BCUT2D eigenvalue weighted by Crippen LogP contribution is 2.30. The van der Waals surface area contributed by atoms with Gasteiger partial charge in [0.1, 0.15) is 17.6 Å². The monoisotopic (exact) mass is 426 g/mol. The van der Waals surface area contributed by atoms with Gasteiger partial charge in [-0.05, 0) is 25.1 Å². The van der Waals surface area contributed by atoms with Gasteiger partial charge in [-0.15, -0.1) is 11.8 Å². The third kappa shape index (κ3) is 4.80. The Kier molecular flexibility index (Phi) is 6.73. The molecule has 2 aromatic carbocycles. The van der Waals surface area contributed by atoms with Gasteiger partial charge in [-0.25, -0.2) is 4.98 Å². The van der Waals surface area contributed by atoms with E-state index in [1.54, 1.807) is 32.4 Å². The van der Waals surface area contributed by atoms with Crippen molar-refractivity contribution in [2.75, 3.05) is 7.11 Å². The number of nitrogens with one attached hydrogen (secondary N) is 1. The molecule has 1 heterocycles. The molecule has 3 rings (SSSR count). The first-order valence-electron chi connectivity index (χ1n) is 9.22. The van der Waals surface area contributed by atoms with Crippen LogP contribution < -0.4 is 10.1 Å². The summed E-state index contributed by atoms with van der Waals surface area (Å²) in [6.45, 7) is 1.79. The number of thioether (sulfide) groups is 1. The van der Waals surface area contributed by atoms with E-state index in [1.807, 2.05) is 42.1 Å². The summed E-state index contributed by atoms with van der Waals surface area (Å²) in [5.41, 5.74) is 0.817. The van der Waals surface area contributed by atoms with Gasteiger partial charge in [-0.3, -0.25) is 14.9 Å². The standard InChI is InChI=1S/C21H22N4O4S/c1-14(30-16-10-8-15(9-11-16)25(27)28)21(26)23-19(20-22-12-13-24(20)2)17-6-4-5-7-18(17)29-3/h4-14,19H,1-3H3,(H,23,26). The van der Waals surface area contributed by atoms with Crippen LogP contribution in [0.15, 0.2) is 65.8 Å². The lowest BCUT2D eigenvalue weighted by Gasteiger charge is -2.23. The lowest BCUT2D eigenvalue weighted by atomic mass is 10.0. The summed E-state index contributed by atoms with van der Waals surface area (Å²) in [6, 6.07) is 13.1. The van der Waals surface area contributed by atoms with Gasteiger partial charge in [-0.1, -0.05) is 18.2 Å². The number of methoxy groups -OCH3 is 1. The Bertz CT molecular complexity index is 1040. The van der Waals surface area contributed by atoms with Crippen molar-refractivity contribution in [3.05, 3.63) is 82.4 Å². The van der Waals surface area contributed by atoms with E-state index in [-0.39, 0.29) is 11.6 Å². The molecule has 0 radical (unpaired) electrons. The largest absolute Gasteiger partial charge is 0.496 e. The van der Waals surface area contributed by atoms with E-state index < -0.39 is 16.2 Å². The van der Waals surface area contributed by atoms with Crippen LogP contribution in [0.1, 0.15) is 24.4 Å². The predicted octanol–water partition coefficient (Wildman–Crippen LogP) is 3.72. The van der Waals surface area contributed by atoms with Crippen LogP contribution in [0.3, 0.4) is 0 Å². The molecule has 1 amide bonds. The van der Waals surface area contributed by atoms with Gasteiger partial charge < -0.3 is 14.6 Å². The minimum absolute atomic E-state index is 0.0162. The number of carbonyl (C=O) groups excluding carboxylic acids is 1. The van der Waals surface area contributed by atoms with Crippen LogP contribution in [-0.4, -0.2) is 32.7 Å². The maximum atomic E-state index is 13.0. The molecule has 2 unspecified atom stereocenters. The Morgan fingerprint density at radius 1 is 1.23 bits per heavy atom. The fraction of sp³-hybridized carbons (Fsp3) is 0.238. The van der Waals surface area contributed by atoms with Crippen LogP contribution in [0, 0.1) is 10.1 Å². The zero-order valence-electron chi connectivity index (χ0n) is 16.8. The first kappa shape index (κ1) is 21.4. The van der Waals surface area contributed by atoms with Gasteiger partial charge in [0.05, 0.1) is 17.3 Å². The maximum Gasteiger partial charge on any atom is 0.269 e. The second-order valence-electron chi connectivity index (χ2n) is 6.59. The number of aryl methyl sites for hydroxylation is 1. The molecule has 1 aromatic heterocycles. The number of hydrogen-bond donors (Lipinski definition) is 1. The van der Waals surface area contributed by atoms with Crippen LogP contribution in [0.5, 0.6) is 5.75 Å². The van der Waals surface area contributed by atoms with Crippen LogP contribution in [-0.2, 0) is 11.8 Å². The van der Waals surface area contributed by atoms with E-state index in [0.717, 1.165) is 10.5 Å².